The Kier molecular flexibility index (Phi) is 2.62. The number of nitrogens with zero attached hydrogens (tertiary/aromatic N) is 1. The van der Waals surface area contributed by atoms with Gasteiger partial charge >= 0.3 is 0 Å². The standard InChI is InChI=1S/C15H21N/c1-2-12-9-14(13-5-6-13)11-15(10-12)16-7-3-4-8-16/h9-11,13H,2-8H2,1H3. The molecule has 0 aromatic heterocycles. The summed E-state index contributed by atoms with van der Waals surface area (Å²) in [5.41, 5.74) is 4.60. The first-order chi connectivity index (χ1) is 7.86. The van der Waals surface area contributed by atoms with Crippen LogP contribution >= 0.6 is 0 Å². The molecule has 1 saturated heterocycles. The van der Waals surface area contributed by atoms with Gasteiger partial charge in [-0.15, -0.1) is 0 Å². The quantitative estimate of drug-likeness (QED) is 0.742. The van der Waals surface area contributed by atoms with Crippen molar-refractivity contribution in [2.45, 2.75) is 44.9 Å². The van der Waals surface area contributed by atoms with Gasteiger partial charge in [0.1, 0.15) is 0 Å². The van der Waals surface area contributed by atoms with Crippen LogP contribution in [-0.2, 0) is 6.42 Å². The Labute approximate surface area is 98.5 Å². The van der Waals surface area contributed by atoms with Crippen molar-refractivity contribution in [3.05, 3.63) is 29.3 Å². The van der Waals surface area contributed by atoms with Gasteiger partial charge < -0.3 is 4.90 Å². The van der Waals surface area contributed by atoms with E-state index in [1.807, 2.05) is 0 Å². The number of aryl methyl sites for hydroxylation is 1. The molecule has 16 heavy (non-hydrogen) atoms. The van der Waals surface area contributed by atoms with Gasteiger partial charge in [0.2, 0.25) is 0 Å². The summed E-state index contributed by atoms with van der Waals surface area (Å²) in [5, 5.41) is 0. The molecule has 0 spiro atoms. The highest BCUT2D eigenvalue weighted by Crippen LogP contribution is 2.42. The summed E-state index contributed by atoms with van der Waals surface area (Å²) < 4.78 is 0. The van der Waals surface area contributed by atoms with E-state index in [1.165, 1.54) is 56.4 Å². The highest BCUT2D eigenvalue weighted by Gasteiger charge is 2.25. The summed E-state index contributed by atoms with van der Waals surface area (Å²) in [6.45, 7) is 4.79. The second-order valence-electron chi connectivity index (χ2n) is 5.25. The van der Waals surface area contributed by atoms with Gasteiger partial charge in [0.05, 0.1) is 0 Å². The Hall–Kier alpha value is -0.980. The molecule has 1 aromatic rings. The van der Waals surface area contributed by atoms with Crippen molar-refractivity contribution in [2.24, 2.45) is 0 Å². The summed E-state index contributed by atoms with van der Waals surface area (Å²) in [6.07, 6.45) is 6.73. The van der Waals surface area contributed by atoms with Crippen molar-refractivity contribution < 1.29 is 0 Å². The van der Waals surface area contributed by atoms with Crippen LogP contribution in [0.25, 0.3) is 0 Å². The average Bonchev–Trinajstić information content (AvgIpc) is 3.04. The molecule has 1 heteroatoms. The molecule has 1 aliphatic carbocycles. The number of benzene rings is 1. The average molecular weight is 215 g/mol. The third kappa shape index (κ3) is 1.95. The van der Waals surface area contributed by atoms with Gasteiger partial charge in [-0.25, -0.2) is 0 Å². The first kappa shape index (κ1) is 10.2. The number of anilines is 1. The monoisotopic (exact) mass is 215 g/mol. The zero-order valence-electron chi connectivity index (χ0n) is 10.2. The molecule has 86 valence electrons. The fourth-order valence-electron chi connectivity index (χ4n) is 2.71. The summed E-state index contributed by atoms with van der Waals surface area (Å²) >= 11 is 0. The van der Waals surface area contributed by atoms with Crippen molar-refractivity contribution >= 4 is 5.69 Å². The molecule has 2 aliphatic rings. The Morgan fingerprint density at radius 1 is 1.12 bits per heavy atom. The van der Waals surface area contributed by atoms with Crippen molar-refractivity contribution in [1.29, 1.82) is 0 Å². The minimum Gasteiger partial charge on any atom is -0.372 e. The molecule has 2 fully saturated rings. The molecular weight excluding hydrogens is 194 g/mol. The Bertz CT molecular complexity index is 373. The number of rotatable bonds is 3. The minimum absolute atomic E-state index is 0.882. The maximum Gasteiger partial charge on any atom is 0.0371 e. The number of hydrogen-bond acceptors (Lipinski definition) is 1. The predicted octanol–water partition coefficient (Wildman–Crippen LogP) is 3.73. The summed E-state index contributed by atoms with van der Waals surface area (Å²) in [5.74, 6) is 0.882. The van der Waals surface area contributed by atoms with Gasteiger partial charge in [-0.3, -0.25) is 0 Å². The number of hydrogen-bond donors (Lipinski definition) is 0. The van der Waals surface area contributed by atoms with Gasteiger partial charge in [-0.05, 0) is 61.3 Å². The third-order valence-electron chi connectivity index (χ3n) is 3.93. The molecule has 1 heterocycles. The molecule has 0 bridgehead atoms. The highest BCUT2D eigenvalue weighted by molar-refractivity contribution is 5.53. The maximum atomic E-state index is 2.56. The van der Waals surface area contributed by atoms with Crippen molar-refractivity contribution in [2.75, 3.05) is 18.0 Å². The van der Waals surface area contributed by atoms with E-state index in [4.69, 9.17) is 0 Å². The first-order valence-corrected chi connectivity index (χ1v) is 6.75. The largest absolute Gasteiger partial charge is 0.372 e. The molecule has 0 atom stereocenters. The van der Waals surface area contributed by atoms with Crippen molar-refractivity contribution in [1.82, 2.24) is 0 Å². The molecular formula is C15H21N. The normalized spacial score (nSPS) is 20.4. The summed E-state index contributed by atoms with van der Waals surface area (Å²) in [7, 11) is 0. The molecule has 1 aliphatic heterocycles. The van der Waals surface area contributed by atoms with E-state index in [-0.39, 0.29) is 0 Å². The van der Waals surface area contributed by atoms with Crippen LogP contribution in [-0.4, -0.2) is 13.1 Å². The van der Waals surface area contributed by atoms with Crippen LogP contribution < -0.4 is 4.90 Å². The molecule has 1 saturated carbocycles. The Morgan fingerprint density at radius 3 is 2.50 bits per heavy atom. The van der Waals surface area contributed by atoms with E-state index < -0.39 is 0 Å². The van der Waals surface area contributed by atoms with Gasteiger partial charge in [0, 0.05) is 18.8 Å². The lowest BCUT2D eigenvalue weighted by Crippen LogP contribution is -2.17. The van der Waals surface area contributed by atoms with E-state index >= 15 is 0 Å². The summed E-state index contributed by atoms with van der Waals surface area (Å²) in [4.78, 5) is 2.56. The zero-order chi connectivity index (χ0) is 11.0. The van der Waals surface area contributed by atoms with E-state index in [1.54, 1.807) is 5.56 Å². The molecule has 0 N–H and O–H groups in total. The van der Waals surface area contributed by atoms with Gasteiger partial charge in [0.25, 0.3) is 0 Å². The van der Waals surface area contributed by atoms with Gasteiger partial charge in [-0.1, -0.05) is 13.0 Å². The molecule has 0 unspecified atom stereocenters. The summed E-state index contributed by atoms with van der Waals surface area (Å²) in [6, 6.07) is 7.27. The first-order valence-electron chi connectivity index (χ1n) is 6.75. The predicted molar refractivity (Wildman–Crippen MR) is 69.2 cm³/mol. The van der Waals surface area contributed by atoms with E-state index in [0.29, 0.717) is 0 Å². The molecule has 1 nitrogen and oxygen atoms in total. The van der Waals surface area contributed by atoms with E-state index in [0.717, 1.165) is 5.92 Å². The van der Waals surface area contributed by atoms with Crippen LogP contribution in [0.15, 0.2) is 18.2 Å². The van der Waals surface area contributed by atoms with E-state index in [2.05, 4.69) is 30.0 Å². The van der Waals surface area contributed by atoms with Crippen molar-refractivity contribution in [3.63, 3.8) is 0 Å². The van der Waals surface area contributed by atoms with Crippen LogP contribution in [0, 0.1) is 0 Å². The van der Waals surface area contributed by atoms with Crippen LogP contribution in [0.5, 0.6) is 0 Å². The fourth-order valence-corrected chi connectivity index (χ4v) is 2.71. The minimum atomic E-state index is 0.882. The van der Waals surface area contributed by atoms with Gasteiger partial charge in [-0.2, -0.15) is 0 Å². The second-order valence-corrected chi connectivity index (χ2v) is 5.25. The Balaban J connectivity index is 1.92. The van der Waals surface area contributed by atoms with Crippen LogP contribution in [0.3, 0.4) is 0 Å². The Morgan fingerprint density at radius 2 is 1.88 bits per heavy atom. The highest BCUT2D eigenvalue weighted by atomic mass is 15.1. The lowest BCUT2D eigenvalue weighted by molar-refractivity contribution is 0.949. The zero-order valence-corrected chi connectivity index (χ0v) is 10.2. The maximum absolute atomic E-state index is 2.56. The smallest absolute Gasteiger partial charge is 0.0371 e. The van der Waals surface area contributed by atoms with Crippen molar-refractivity contribution in [3.8, 4) is 0 Å². The molecule has 0 amide bonds. The van der Waals surface area contributed by atoms with Crippen LogP contribution in [0.2, 0.25) is 0 Å². The lowest BCUT2D eigenvalue weighted by atomic mass is 10.0. The lowest BCUT2D eigenvalue weighted by Gasteiger charge is -2.19. The van der Waals surface area contributed by atoms with Crippen LogP contribution in [0.1, 0.15) is 49.7 Å². The molecule has 3 rings (SSSR count). The second kappa shape index (κ2) is 4.12. The SMILES string of the molecule is CCc1cc(C2CC2)cc(N2CCCC2)c1. The van der Waals surface area contributed by atoms with E-state index in [9.17, 15) is 0 Å². The van der Waals surface area contributed by atoms with Crippen LogP contribution in [0.4, 0.5) is 5.69 Å². The third-order valence-corrected chi connectivity index (χ3v) is 3.93. The molecule has 1 aromatic carbocycles. The van der Waals surface area contributed by atoms with Gasteiger partial charge in [0.15, 0.2) is 0 Å². The molecule has 0 radical (unpaired) electrons. The fraction of sp³-hybridized carbons (Fsp3) is 0.600. The topological polar surface area (TPSA) is 3.24 Å².